The Morgan fingerprint density at radius 3 is 2.54 bits per heavy atom. The fourth-order valence-electron chi connectivity index (χ4n) is 3.55. The molecule has 0 unspecified atom stereocenters. The zero-order chi connectivity index (χ0) is 20.3. The first-order valence-corrected chi connectivity index (χ1v) is 12.0. The number of aryl methyl sites for hydroxylation is 1. The maximum atomic E-state index is 12.7. The van der Waals surface area contributed by atoms with Crippen molar-refractivity contribution >= 4 is 38.9 Å². The van der Waals surface area contributed by atoms with Crippen LogP contribution in [0.1, 0.15) is 30.9 Å². The van der Waals surface area contributed by atoms with E-state index in [1.165, 1.54) is 4.31 Å². The van der Waals surface area contributed by atoms with Gasteiger partial charge in [-0.15, -0.1) is 11.3 Å². The molecule has 8 heteroatoms. The maximum Gasteiger partial charge on any atom is 0.252 e. The van der Waals surface area contributed by atoms with Gasteiger partial charge in [-0.05, 0) is 48.9 Å². The molecule has 1 aromatic carbocycles. The zero-order valence-electron chi connectivity index (χ0n) is 16.0. The molecule has 1 aliphatic heterocycles. The van der Waals surface area contributed by atoms with E-state index in [1.807, 2.05) is 38.1 Å². The zero-order valence-corrected chi connectivity index (χ0v) is 18.4. The summed E-state index contributed by atoms with van der Waals surface area (Å²) in [4.78, 5) is 12.6. The van der Waals surface area contributed by atoms with Crippen LogP contribution in [0.4, 0.5) is 0 Å². The molecule has 0 aliphatic carbocycles. The highest BCUT2D eigenvalue weighted by molar-refractivity contribution is 7.91. The molecule has 1 aliphatic rings. The second-order valence-electron chi connectivity index (χ2n) is 7.23. The average molecular weight is 441 g/mol. The van der Waals surface area contributed by atoms with Crippen molar-refractivity contribution in [2.45, 2.75) is 37.4 Å². The number of carbonyl (C=O) groups excluding carboxylic acids is 1. The number of thiophene rings is 1. The lowest BCUT2D eigenvalue weighted by atomic mass is 9.85. The summed E-state index contributed by atoms with van der Waals surface area (Å²) in [6.45, 7) is 5.33. The minimum Gasteiger partial charge on any atom is -0.352 e. The summed E-state index contributed by atoms with van der Waals surface area (Å²) < 4.78 is 27.6. The van der Waals surface area contributed by atoms with Gasteiger partial charge in [0.05, 0.1) is 4.34 Å². The van der Waals surface area contributed by atoms with E-state index in [4.69, 9.17) is 11.6 Å². The van der Waals surface area contributed by atoms with Gasteiger partial charge in [0.25, 0.3) is 10.0 Å². The van der Waals surface area contributed by atoms with Gasteiger partial charge in [-0.1, -0.05) is 42.8 Å². The predicted molar refractivity (Wildman–Crippen MR) is 113 cm³/mol. The lowest BCUT2D eigenvalue weighted by Gasteiger charge is -2.33. The summed E-state index contributed by atoms with van der Waals surface area (Å²) in [5.41, 5.74) is 2.27. The molecule has 1 fully saturated rings. The number of hydrogen-bond donors (Lipinski definition) is 1. The van der Waals surface area contributed by atoms with Gasteiger partial charge in [-0.3, -0.25) is 4.79 Å². The number of halogens is 1. The molecule has 1 N–H and O–H groups in total. The fourth-order valence-corrected chi connectivity index (χ4v) is 6.65. The van der Waals surface area contributed by atoms with Gasteiger partial charge in [0.1, 0.15) is 4.21 Å². The molecule has 5 nitrogen and oxygen atoms in total. The highest BCUT2D eigenvalue weighted by atomic mass is 35.5. The van der Waals surface area contributed by atoms with Crippen molar-refractivity contribution in [2.24, 2.45) is 11.8 Å². The molecule has 2 aromatic rings. The van der Waals surface area contributed by atoms with E-state index < -0.39 is 10.0 Å². The maximum absolute atomic E-state index is 12.7. The summed E-state index contributed by atoms with van der Waals surface area (Å²) in [5.74, 6) is 0.0508. The van der Waals surface area contributed by atoms with Crippen molar-refractivity contribution in [3.8, 4) is 0 Å². The first kappa shape index (κ1) is 21.3. The normalized spacial score (nSPS) is 17.4. The van der Waals surface area contributed by atoms with Crippen molar-refractivity contribution in [3.05, 3.63) is 51.9 Å². The Bertz CT molecular complexity index is 934. The van der Waals surface area contributed by atoms with Crippen LogP contribution in [0.15, 0.2) is 40.6 Å². The number of benzene rings is 1. The second kappa shape index (κ2) is 8.95. The van der Waals surface area contributed by atoms with E-state index in [0.29, 0.717) is 36.8 Å². The van der Waals surface area contributed by atoms with Gasteiger partial charge in [-0.2, -0.15) is 4.31 Å². The van der Waals surface area contributed by atoms with Crippen LogP contribution in [0.5, 0.6) is 0 Å². The number of nitrogens with one attached hydrogen (secondary N) is 1. The summed E-state index contributed by atoms with van der Waals surface area (Å²) in [6.07, 6.45) is 1.36. The number of nitrogens with zero attached hydrogens (tertiary/aromatic N) is 1. The molecule has 0 radical (unpaired) electrons. The first-order valence-electron chi connectivity index (χ1n) is 9.36. The third-order valence-electron chi connectivity index (χ3n) is 5.48. The number of carbonyl (C=O) groups is 1. The molecule has 0 saturated carbocycles. The van der Waals surface area contributed by atoms with Crippen LogP contribution in [0.2, 0.25) is 4.34 Å². The molecule has 0 bridgehead atoms. The molecule has 0 spiro atoms. The van der Waals surface area contributed by atoms with Crippen LogP contribution >= 0.6 is 22.9 Å². The van der Waals surface area contributed by atoms with Crippen LogP contribution in [-0.4, -0.2) is 31.7 Å². The minimum atomic E-state index is -3.49. The summed E-state index contributed by atoms with van der Waals surface area (Å²) in [5, 5.41) is 3.02. The largest absolute Gasteiger partial charge is 0.352 e. The number of hydrogen-bond acceptors (Lipinski definition) is 4. The van der Waals surface area contributed by atoms with Crippen LogP contribution in [0.25, 0.3) is 0 Å². The molecule has 1 saturated heterocycles. The molecule has 152 valence electrons. The quantitative estimate of drug-likeness (QED) is 0.736. The molecule has 2 heterocycles. The van der Waals surface area contributed by atoms with Crippen molar-refractivity contribution in [3.63, 3.8) is 0 Å². The van der Waals surface area contributed by atoms with E-state index >= 15 is 0 Å². The molecule has 28 heavy (non-hydrogen) atoms. The fraction of sp³-hybridized carbons (Fsp3) is 0.450. The third-order valence-corrected chi connectivity index (χ3v) is 9.07. The molecule has 1 amide bonds. The van der Waals surface area contributed by atoms with Crippen LogP contribution in [-0.2, 0) is 21.4 Å². The molecule has 1 atom stereocenters. The van der Waals surface area contributed by atoms with E-state index in [0.717, 1.165) is 22.5 Å². The SMILES string of the molecule is Cc1ccccc1CNC(=O)[C@H](C)C1CCN(S(=O)(=O)c2ccc(Cl)s2)CC1. The smallest absolute Gasteiger partial charge is 0.252 e. The van der Waals surface area contributed by atoms with Crippen LogP contribution < -0.4 is 5.32 Å². The number of rotatable bonds is 6. The minimum absolute atomic E-state index is 0.0228. The van der Waals surface area contributed by atoms with Gasteiger partial charge in [0.15, 0.2) is 0 Å². The Hall–Kier alpha value is -1.41. The topological polar surface area (TPSA) is 66.5 Å². The van der Waals surface area contributed by atoms with Gasteiger partial charge >= 0.3 is 0 Å². The highest BCUT2D eigenvalue weighted by Crippen LogP contribution is 2.32. The first-order chi connectivity index (χ1) is 13.3. The Labute approximate surface area is 175 Å². The highest BCUT2D eigenvalue weighted by Gasteiger charge is 2.34. The lowest BCUT2D eigenvalue weighted by molar-refractivity contribution is -0.126. The molecule has 1 aromatic heterocycles. The number of amides is 1. The summed E-state index contributed by atoms with van der Waals surface area (Å²) in [7, 11) is -3.49. The van der Waals surface area contributed by atoms with Crippen molar-refractivity contribution < 1.29 is 13.2 Å². The predicted octanol–water partition coefficient (Wildman–Crippen LogP) is 4.06. The van der Waals surface area contributed by atoms with Gasteiger partial charge in [0.2, 0.25) is 5.91 Å². The van der Waals surface area contributed by atoms with Crippen LogP contribution in [0, 0.1) is 18.8 Å². The molecule has 3 rings (SSSR count). The Balaban J connectivity index is 1.54. The number of piperidine rings is 1. The monoisotopic (exact) mass is 440 g/mol. The van der Waals surface area contributed by atoms with E-state index in [9.17, 15) is 13.2 Å². The molecular weight excluding hydrogens is 416 g/mol. The van der Waals surface area contributed by atoms with E-state index in [-0.39, 0.29) is 22.0 Å². The Morgan fingerprint density at radius 2 is 1.93 bits per heavy atom. The third kappa shape index (κ3) is 4.76. The van der Waals surface area contributed by atoms with Crippen molar-refractivity contribution in [1.29, 1.82) is 0 Å². The average Bonchev–Trinajstić information content (AvgIpc) is 3.14. The van der Waals surface area contributed by atoms with E-state index in [2.05, 4.69) is 5.32 Å². The van der Waals surface area contributed by atoms with Gasteiger partial charge < -0.3 is 5.32 Å². The van der Waals surface area contributed by atoms with E-state index in [1.54, 1.807) is 12.1 Å². The summed E-state index contributed by atoms with van der Waals surface area (Å²) >= 11 is 6.96. The van der Waals surface area contributed by atoms with Crippen molar-refractivity contribution in [2.75, 3.05) is 13.1 Å². The van der Waals surface area contributed by atoms with Crippen LogP contribution in [0.3, 0.4) is 0 Å². The molecular formula is C20H25ClN2O3S2. The summed E-state index contributed by atoms with van der Waals surface area (Å²) in [6, 6.07) is 11.1. The lowest BCUT2D eigenvalue weighted by Crippen LogP contribution is -2.42. The van der Waals surface area contributed by atoms with Crippen molar-refractivity contribution in [1.82, 2.24) is 9.62 Å². The standard InChI is InChI=1S/C20H25ClN2O3S2/c1-14-5-3-4-6-17(14)13-22-20(24)15(2)16-9-11-23(12-10-16)28(25,26)19-8-7-18(21)27-19/h3-8,15-16H,9-13H2,1-2H3,(H,22,24)/t15-/m1/s1. The number of sulfonamides is 1. The van der Waals surface area contributed by atoms with Gasteiger partial charge in [-0.25, -0.2) is 8.42 Å². The Morgan fingerprint density at radius 1 is 1.25 bits per heavy atom. The second-order valence-corrected chi connectivity index (χ2v) is 11.1. The van der Waals surface area contributed by atoms with Gasteiger partial charge in [0, 0.05) is 25.6 Å². The Kier molecular flexibility index (Phi) is 6.81.